The molecule has 0 radical (unpaired) electrons. The summed E-state index contributed by atoms with van der Waals surface area (Å²) < 4.78 is 5.90. The van der Waals surface area contributed by atoms with Crippen molar-refractivity contribution in [3.63, 3.8) is 0 Å². The van der Waals surface area contributed by atoms with Crippen molar-refractivity contribution in [1.29, 1.82) is 0 Å². The van der Waals surface area contributed by atoms with Gasteiger partial charge in [-0.05, 0) is 36.1 Å². The van der Waals surface area contributed by atoms with E-state index in [-0.39, 0.29) is 6.10 Å². The van der Waals surface area contributed by atoms with E-state index in [0.29, 0.717) is 0 Å². The van der Waals surface area contributed by atoms with Crippen LogP contribution in [-0.2, 0) is 11.2 Å². The molecule has 1 saturated heterocycles. The molecule has 2 aliphatic rings. The Balaban J connectivity index is 1.54. The first-order valence-corrected chi connectivity index (χ1v) is 8.00. The van der Waals surface area contributed by atoms with E-state index in [2.05, 4.69) is 41.3 Å². The van der Waals surface area contributed by atoms with Crippen molar-refractivity contribution >= 4 is 11.8 Å². The third-order valence-electron chi connectivity index (χ3n) is 3.82. The van der Waals surface area contributed by atoms with Gasteiger partial charge in [0.05, 0.1) is 12.7 Å². The van der Waals surface area contributed by atoms with Crippen LogP contribution in [0.15, 0.2) is 24.3 Å². The molecule has 98 valence electrons. The van der Waals surface area contributed by atoms with Crippen LogP contribution in [0.25, 0.3) is 0 Å². The van der Waals surface area contributed by atoms with E-state index in [9.17, 15) is 0 Å². The minimum absolute atomic E-state index is 0.251. The predicted molar refractivity (Wildman–Crippen MR) is 77.2 cm³/mol. The Bertz CT molecular complexity index is 390. The first-order chi connectivity index (χ1) is 8.93. The van der Waals surface area contributed by atoms with E-state index in [4.69, 9.17) is 4.74 Å². The average Bonchev–Trinajstić information content (AvgIpc) is 2.92. The van der Waals surface area contributed by atoms with Crippen molar-refractivity contribution < 1.29 is 4.74 Å². The van der Waals surface area contributed by atoms with Crippen LogP contribution in [0.4, 0.5) is 0 Å². The van der Waals surface area contributed by atoms with Crippen molar-refractivity contribution in [1.82, 2.24) is 5.32 Å². The maximum absolute atomic E-state index is 5.90. The minimum atomic E-state index is 0.251. The quantitative estimate of drug-likeness (QED) is 0.902. The van der Waals surface area contributed by atoms with Crippen LogP contribution in [0, 0.1) is 0 Å². The summed E-state index contributed by atoms with van der Waals surface area (Å²) in [5.74, 6) is 1.34. The lowest BCUT2D eigenvalue weighted by Crippen LogP contribution is -2.31. The third-order valence-corrected chi connectivity index (χ3v) is 5.22. The summed E-state index contributed by atoms with van der Waals surface area (Å²) in [5.41, 5.74) is 2.85. The Morgan fingerprint density at radius 3 is 3.11 bits per heavy atom. The van der Waals surface area contributed by atoms with Crippen molar-refractivity contribution in [3.05, 3.63) is 35.4 Å². The fourth-order valence-electron chi connectivity index (χ4n) is 2.83. The van der Waals surface area contributed by atoms with Gasteiger partial charge < -0.3 is 10.1 Å². The van der Waals surface area contributed by atoms with Gasteiger partial charge in [-0.15, -0.1) is 0 Å². The van der Waals surface area contributed by atoms with Crippen LogP contribution in [0.1, 0.15) is 30.1 Å². The molecule has 0 bridgehead atoms. The normalized spacial score (nSPS) is 27.1. The highest BCUT2D eigenvalue weighted by Gasteiger charge is 2.21. The van der Waals surface area contributed by atoms with Crippen LogP contribution < -0.4 is 5.32 Å². The highest BCUT2D eigenvalue weighted by molar-refractivity contribution is 8.00. The molecule has 0 saturated carbocycles. The van der Waals surface area contributed by atoms with E-state index in [1.807, 2.05) is 0 Å². The van der Waals surface area contributed by atoms with Gasteiger partial charge in [-0.3, -0.25) is 0 Å². The largest absolute Gasteiger partial charge is 0.372 e. The van der Waals surface area contributed by atoms with E-state index in [0.717, 1.165) is 31.4 Å². The standard InChI is InChI=1S/C15H21NOS/c1-2-6-14-12(4-1)7-8-17-15(14)11-16-10-13-5-3-9-18-13/h1-2,4,6,13,15-16H,3,5,7-11H2. The topological polar surface area (TPSA) is 21.3 Å². The lowest BCUT2D eigenvalue weighted by Gasteiger charge is -2.26. The molecule has 1 N–H and O–H groups in total. The fourth-order valence-corrected chi connectivity index (χ4v) is 4.06. The summed E-state index contributed by atoms with van der Waals surface area (Å²) in [6, 6.07) is 8.69. The zero-order valence-corrected chi connectivity index (χ0v) is 11.5. The van der Waals surface area contributed by atoms with Crippen LogP contribution in [0.2, 0.25) is 0 Å². The number of hydrogen-bond acceptors (Lipinski definition) is 3. The summed E-state index contributed by atoms with van der Waals surface area (Å²) in [6.45, 7) is 2.95. The van der Waals surface area contributed by atoms with Gasteiger partial charge in [0.1, 0.15) is 0 Å². The van der Waals surface area contributed by atoms with E-state index in [1.165, 1.54) is 29.7 Å². The second-order valence-corrected chi connectivity index (χ2v) is 6.51. The Morgan fingerprint density at radius 1 is 1.28 bits per heavy atom. The highest BCUT2D eigenvalue weighted by Crippen LogP contribution is 2.27. The summed E-state index contributed by atoms with van der Waals surface area (Å²) in [5, 5.41) is 4.42. The van der Waals surface area contributed by atoms with Crippen LogP contribution in [-0.4, -0.2) is 30.7 Å². The number of fused-ring (bicyclic) bond motifs is 1. The van der Waals surface area contributed by atoms with Gasteiger partial charge >= 0.3 is 0 Å². The Kier molecular flexibility index (Phi) is 4.24. The van der Waals surface area contributed by atoms with Crippen LogP contribution in [0.5, 0.6) is 0 Å². The van der Waals surface area contributed by atoms with Crippen LogP contribution >= 0.6 is 11.8 Å². The first kappa shape index (κ1) is 12.5. The van der Waals surface area contributed by atoms with Crippen molar-refractivity contribution in [2.24, 2.45) is 0 Å². The summed E-state index contributed by atoms with van der Waals surface area (Å²) >= 11 is 2.11. The molecule has 2 atom stereocenters. The lowest BCUT2D eigenvalue weighted by atomic mass is 9.97. The number of nitrogens with one attached hydrogen (secondary N) is 1. The number of hydrogen-bond donors (Lipinski definition) is 1. The molecule has 0 aliphatic carbocycles. The number of benzene rings is 1. The van der Waals surface area contributed by atoms with Gasteiger partial charge in [-0.2, -0.15) is 11.8 Å². The zero-order valence-electron chi connectivity index (χ0n) is 10.7. The van der Waals surface area contributed by atoms with Gasteiger partial charge in [0.25, 0.3) is 0 Å². The highest BCUT2D eigenvalue weighted by atomic mass is 32.2. The van der Waals surface area contributed by atoms with E-state index in [1.54, 1.807) is 0 Å². The van der Waals surface area contributed by atoms with E-state index < -0.39 is 0 Å². The maximum Gasteiger partial charge on any atom is 0.0952 e. The van der Waals surface area contributed by atoms with Crippen LogP contribution in [0.3, 0.4) is 0 Å². The second-order valence-electron chi connectivity index (χ2n) is 5.10. The molecular weight excluding hydrogens is 242 g/mol. The molecule has 3 heteroatoms. The zero-order chi connectivity index (χ0) is 12.2. The van der Waals surface area contributed by atoms with Gasteiger partial charge in [0, 0.05) is 18.3 Å². The third kappa shape index (κ3) is 2.90. The van der Waals surface area contributed by atoms with Crippen molar-refractivity contribution in [2.75, 3.05) is 25.4 Å². The molecule has 1 aromatic rings. The molecular formula is C15H21NOS. The SMILES string of the molecule is c1ccc2c(c1)CCOC2CNCC1CCCS1. The smallest absolute Gasteiger partial charge is 0.0952 e. The summed E-state index contributed by atoms with van der Waals surface area (Å²) in [6.07, 6.45) is 4.08. The first-order valence-electron chi connectivity index (χ1n) is 6.95. The number of rotatable bonds is 4. The van der Waals surface area contributed by atoms with Gasteiger partial charge in [0.15, 0.2) is 0 Å². The molecule has 3 rings (SSSR count). The molecule has 18 heavy (non-hydrogen) atoms. The molecule has 2 unspecified atom stereocenters. The number of thioether (sulfide) groups is 1. The molecule has 0 aromatic heterocycles. The molecule has 1 aromatic carbocycles. The molecule has 2 nitrogen and oxygen atoms in total. The predicted octanol–water partition coefficient (Wildman–Crippen LogP) is 2.79. The summed E-state index contributed by atoms with van der Waals surface area (Å²) in [4.78, 5) is 0. The average molecular weight is 263 g/mol. The Morgan fingerprint density at radius 2 is 2.22 bits per heavy atom. The molecule has 0 spiro atoms. The van der Waals surface area contributed by atoms with Gasteiger partial charge in [0.2, 0.25) is 0 Å². The molecule has 2 aliphatic heterocycles. The monoisotopic (exact) mass is 263 g/mol. The van der Waals surface area contributed by atoms with Gasteiger partial charge in [-0.25, -0.2) is 0 Å². The lowest BCUT2D eigenvalue weighted by molar-refractivity contribution is 0.0427. The van der Waals surface area contributed by atoms with Gasteiger partial charge in [-0.1, -0.05) is 24.3 Å². The summed E-state index contributed by atoms with van der Waals surface area (Å²) in [7, 11) is 0. The molecule has 1 fully saturated rings. The fraction of sp³-hybridized carbons (Fsp3) is 0.600. The van der Waals surface area contributed by atoms with Crippen molar-refractivity contribution in [3.8, 4) is 0 Å². The second kappa shape index (κ2) is 6.09. The number of ether oxygens (including phenoxy) is 1. The maximum atomic E-state index is 5.90. The Hall–Kier alpha value is -0.510. The van der Waals surface area contributed by atoms with E-state index >= 15 is 0 Å². The minimum Gasteiger partial charge on any atom is -0.372 e. The molecule has 0 amide bonds. The Labute approximate surface area is 113 Å². The van der Waals surface area contributed by atoms with Crippen molar-refractivity contribution in [2.45, 2.75) is 30.6 Å². The molecule has 2 heterocycles.